The predicted octanol–water partition coefficient (Wildman–Crippen LogP) is 7.93. The van der Waals surface area contributed by atoms with Crippen LogP contribution in [0.5, 0.6) is 0 Å². The molecule has 0 saturated heterocycles. The Bertz CT molecular complexity index is 1270. The Morgan fingerprint density at radius 2 is 1.57 bits per heavy atom. The molecule has 0 radical (unpaired) electrons. The summed E-state index contributed by atoms with van der Waals surface area (Å²) in [6, 6.07) is 9.11. The van der Waals surface area contributed by atoms with Crippen LogP contribution in [0.25, 0.3) is 0 Å². The Labute approximate surface area is 252 Å². The van der Waals surface area contributed by atoms with Gasteiger partial charge in [0.1, 0.15) is 6.10 Å². The third-order valence-corrected chi connectivity index (χ3v) is 14.7. The van der Waals surface area contributed by atoms with Crippen LogP contribution in [0.3, 0.4) is 0 Å². The average Bonchev–Trinajstić information content (AvgIpc) is 3.34. The summed E-state index contributed by atoms with van der Waals surface area (Å²) < 4.78 is 6.16. The highest BCUT2D eigenvalue weighted by Crippen LogP contribution is 2.77. The quantitative estimate of drug-likeness (QED) is 0.281. The maximum absolute atomic E-state index is 13.2. The number of allylic oxidation sites excluding steroid dienone is 1. The van der Waals surface area contributed by atoms with Gasteiger partial charge in [0.05, 0.1) is 17.1 Å². The maximum Gasteiger partial charge on any atom is 0.338 e. The third kappa shape index (κ3) is 3.83. The van der Waals surface area contributed by atoms with E-state index in [1.54, 1.807) is 12.1 Å². The number of esters is 1. The summed E-state index contributed by atoms with van der Waals surface area (Å²) in [5.41, 5.74) is 0.630. The zero-order chi connectivity index (χ0) is 30.5. The molecule has 5 heteroatoms. The Kier molecular flexibility index (Phi) is 6.89. The molecule has 0 unspecified atom stereocenters. The summed E-state index contributed by atoms with van der Waals surface area (Å²) in [6.45, 7) is 18.3. The van der Waals surface area contributed by atoms with Crippen molar-refractivity contribution in [2.24, 2.45) is 56.7 Å². The first-order valence-corrected chi connectivity index (χ1v) is 16.5. The molecule has 0 aliphatic heterocycles. The minimum absolute atomic E-state index is 0.0297. The first-order chi connectivity index (χ1) is 19.6. The molecular weight excluding hydrogens is 524 g/mol. The number of ether oxygens (including phenoxy) is 1. The molecule has 2 N–H and O–H groups in total. The van der Waals surface area contributed by atoms with E-state index in [2.05, 4.69) is 48.1 Å². The van der Waals surface area contributed by atoms with Gasteiger partial charge in [0, 0.05) is 0 Å². The molecule has 6 rings (SSSR count). The van der Waals surface area contributed by atoms with Crippen molar-refractivity contribution in [1.29, 1.82) is 0 Å². The highest BCUT2D eigenvalue weighted by atomic mass is 16.6. The fourth-order valence-corrected chi connectivity index (χ4v) is 12.5. The molecule has 1 aromatic rings. The number of aliphatic carboxylic acids is 1. The smallest absolute Gasteiger partial charge is 0.338 e. The molecule has 11 atom stereocenters. The SMILES string of the molecule is C=C(C)[C@@H]1CC[C@]2(C(=O)O)CC[C@]3(C)[C@H](CC[C@@H]4[C@@]5(C)C[C@@H](OC(=O)c6ccccc6)[C@H](O)C(C)(C)[C@@H]5CC[C@]43C)[C@@H]12. The summed E-state index contributed by atoms with van der Waals surface area (Å²) in [5.74, 6) is 0.574. The van der Waals surface area contributed by atoms with Crippen LogP contribution in [0.2, 0.25) is 0 Å². The van der Waals surface area contributed by atoms with E-state index in [1.165, 1.54) is 0 Å². The molecular formula is C37H52O5. The highest BCUT2D eigenvalue weighted by molar-refractivity contribution is 5.89. The minimum atomic E-state index is -0.722. The zero-order valence-corrected chi connectivity index (χ0v) is 26.6. The van der Waals surface area contributed by atoms with Crippen LogP contribution in [0.4, 0.5) is 0 Å². The molecule has 1 aromatic carbocycles. The fourth-order valence-electron chi connectivity index (χ4n) is 12.5. The Hall–Kier alpha value is -2.14. The second kappa shape index (κ2) is 9.68. The van der Waals surface area contributed by atoms with Gasteiger partial charge < -0.3 is 14.9 Å². The monoisotopic (exact) mass is 576 g/mol. The lowest BCUT2D eigenvalue weighted by Crippen LogP contribution is -2.69. The summed E-state index contributed by atoms with van der Waals surface area (Å²) in [5, 5.41) is 22.3. The molecule has 5 fully saturated rings. The van der Waals surface area contributed by atoms with Crippen molar-refractivity contribution in [3.8, 4) is 0 Å². The number of carbonyl (C=O) groups excluding carboxylic acids is 1. The molecule has 230 valence electrons. The molecule has 0 heterocycles. The summed E-state index contributed by atoms with van der Waals surface area (Å²) >= 11 is 0. The van der Waals surface area contributed by atoms with Gasteiger partial charge in [-0.2, -0.15) is 0 Å². The van der Waals surface area contributed by atoms with Crippen LogP contribution < -0.4 is 0 Å². The van der Waals surface area contributed by atoms with Gasteiger partial charge in [-0.15, -0.1) is 0 Å². The van der Waals surface area contributed by atoms with Gasteiger partial charge >= 0.3 is 11.9 Å². The van der Waals surface area contributed by atoms with Crippen molar-refractivity contribution in [2.45, 2.75) is 112 Å². The predicted molar refractivity (Wildman–Crippen MR) is 164 cm³/mol. The van der Waals surface area contributed by atoms with Crippen LogP contribution in [-0.2, 0) is 9.53 Å². The van der Waals surface area contributed by atoms with E-state index in [1.807, 2.05) is 18.2 Å². The van der Waals surface area contributed by atoms with Crippen molar-refractivity contribution in [3.05, 3.63) is 48.0 Å². The van der Waals surface area contributed by atoms with Gasteiger partial charge in [0.2, 0.25) is 0 Å². The number of aliphatic hydroxyl groups excluding tert-OH is 1. The van der Waals surface area contributed by atoms with Crippen molar-refractivity contribution < 1.29 is 24.5 Å². The average molecular weight is 577 g/mol. The number of benzene rings is 1. The Balaban J connectivity index is 1.36. The van der Waals surface area contributed by atoms with Crippen molar-refractivity contribution >= 4 is 11.9 Å². The third-order valence-electron chi connectivity index (χ3n) is 14.7. The molecule has 5 nitrogen and oxygen atoms in total. The summed E-state index contributed by atoms with van der Waals surface area (Å²) in [7, 11) is 0. The Morgan fingerprint density at radius 3 is 2.21 bits per heavy atom. The highest BCUT2D eigenvalue weighted by Gasteiger charge is 2.72. The molecule has 0 aromatic heterocycles. The van der Waals surface area contributed by atoms with Crippen LogP contribution >= 0.6 is 0 Å². The van der Waals surface area contributed by atoms with E-state index in [0.717, 1.165) is 56.9 Å². The van der Waals surface area contributed by atoms with E-state index in [0.29, 0.717) is 29.7 Å². The number of carboxylic acid groups (broad SMARTS) is 1. The first-order valence-electron chi connectivity index (χ1n) is 16.5. The lowest BCUT2D eigenvalue weighted by Gasteiger charge is -2.73. The lowest BCUT2D eigenvalue weighted by molar-refractivity contribution is -0.263. The van der Waals surface area contributed by atoms with Gasteiger partial charge in [0.15, 0.2) is 0 Å². The van der Waals surface area contributed by atoms with Crippen molar-refractivity contribution in [1.82, 2.24) is 0 Å². The second-order valence-electron chi connectivity index (χ2n) is 16.4. The number of carboxylic acids is 1. The number of fused-ring (bicyclic) bond motifs is 7. The van der Waals surface area contributed by atoms with E-state index < -0.39 is 29.0 Å². The number of hydrogen-bond donors (Lipinski definition) is 2. The van der Waals surface area contributed by atoms with Crippen LogP contribution in [0, 0.1) is 56.7 Å². The molecule has 5 saturated carbocycles. The van der Waals surface area contributed by atoms with E-state index in [9.17, 15) is 19.8 Å². The second-order valence-corrected chi connectivity index (χ2v) is 16.4. The molecule has 5 aliphatic rings. The van der Waals surface area contributed by atoms with E-state index in [4.69, 9.17) is 4.74 Å². The number of aliphatic hydroxyl groups is 1. The molecule has 5 aliphatic carbocycles. The van der Waals surface area contributed by atoms with Crippen LogP contribution in [0.1, 0.15) is 110 Å². The normalized spacial score (nSPS) is 47.3. The molecule has 0 amide bonds. The Morgan fingerprint density at radius 1 is 0.881 bits per heavy atom. The van der Waals surface area contributed by atoms with Crippen LogP contribution in [0.15, 0.2) is 42.5 Å². The van der Waals surface area contributed by atoms with Gasteiger partial charge in [-0.25, -0.2) is 4.79 Å². The van der Waals surface area contributed by atoms with E-state index in [-0.39, 0.29) is 34.1 Å². The fraction of sp³-hybridized carbons (Fsp3) is 0.730. The lowest BCUT2D eigenvalue weighted by atomic mass is 9.32. The van der Waals surface area contributed by atoms with Crippen molar-refractivity contribution in [2.75, 3.05) is 0 Å². The summed E-state index contributed by atoms with van der Waals surface area (Å²) in [6.07, 6.45) is 7.05. The molecule has 0 spiro atoms. The van der Waals surface area contributed by atoms with Crippen LogP contribution in [-0.4, -0.2) is 34.4 Å². The number of hydrogen-bond acceptors (Lipinski definition) is 4. The topological polar surface area (TPSA) is 83.8 Å². The maximum atomic E-state index is 13.2. The zero-order valence-electron chi connectivity index (χ0n) is 26.6. The van der Waals surface area contributed by atoms with Gasteiger partial charge in [0.25, 0.3) is 0 Å². The molecule has 42 heavy (non-hydrogen) atoms. The minimum Gasteiger partial charge on any atom is -0.481 e. The van der Waals surface area contributed by atoms with Gasteiger partial charge in [-0.1, -0.05) is 65.0 Å². The van der Waals surface area contributed by atoms with Crippen molar-refractivity contribution in [3.63, 3.8) is 0 Å². The number of carbonyl (C=O) groups is 2. The molecule has 0 bridgehead atoms. The summed E-state index contributed by atoms with van der Waals surface area (Å²) in [4.78, 5) is 26.1. The number of rotatable bonds is 4. The van der Waals surface area contributed by atoms with Gasteiger partial charge in [-0.3, -0.25) is 4.79 Å². The first kappa shape index (κ1) is 29.9. The van der Waals surface area contributed by atoms with Gasteiger partial charge in [-0.05, 0) is 128 Å². The van der Waals surface area contributed by atoms with E-state index >= 15 is 0 Å². The standard InChI is InChI=1S/C37H52O5/c1-22(2)24-15-18-37(32(40)41)20-19-35(6)25(29(24)37)13-14-28-34(5)21-26(42-31(39)23-11-9-8-10-12-23)30(38)33(3,4)27(34)16-17-36(28,35)7/h8-12,24-30,38H,1,13-21H2,2-7H3,(H,40,41)/t24-,25+,26+,27-,28+,29+,30-,34-,35+,36+,37-/m0/s1. The largest absolute Gasteiger partial charge is 0.481 e.